The number of hydrogen-bond acceptors (Lipinski definition) is 4. The Hall–Kier alpha value is -2.38. The lowest BCUT2D eigenvalue weighted by Gasteiger charge is -2.09. The van der Waals surface area contributed by atoms with Crippen molar-refractivity contribution in [3.05, 3.63) is 54.1 Å². The molecule has 0 fully saturated rings. The van der Waals surface area contributed by atoms with E-state index in [0.29, 0.717) is 17.0 Å². The van der Waals surface area contributed by atoms with Crippen molar-refractivity contribution in [1.29, 1.82) is 0 Å². The van der Waals surface area contributed by atoms with Gasteiger partial charge in [-0.25, -0.2) is 13.1 Å². The first-order valence-electron chi connectivity index (χ1n) is 6.46. The van der Waals surface area contributed by atoms with Crippen molar-refractivity contribution in [2.45, 2.75) is 4.90 Å². The molecule has 0 aliphatic heterocycles. The van der Waals surface area contributed by atoms with Gasteiger partial charge in [-0.3, -0.25) is 4.79 Å². The van der Waals surface area contributed by atoms with Gasteiger partial charge >= 0.3 is 0 Å². The van der Waals surface area contributed by atoms with E-state index in [1.807, 2.05) is 0 Å². The van der Waals surface area contributed by atoms with Crippen LogP contribution < -0.4 is 14.8 Å². The molecule has 0 radical (unpaired) electrons. The van der Waals surface area contributed by atoms with Gasteiger partial charge in [0.05, 0.1) is 17.6 Å². The van der Waals surface area contributed by atoms with Crippen molar-refractivity contribution in [2.24, 2.45) is 0 Å². The molecule has 22 heavy (non-hydrogen) atoms. The first-order valence-corrected chi connectivity index (χ1v) is 7.94. The third-order valence-corrected chi connectivity index (χ3v) is 4.47. The van der Waals surface area contributed by atoms with E-state index < -0.39 is 10.0 Å². The number of benzene rings is 2. The fraction of sp³-hybridized carbons (Fsp3) is 0.133. The van der Waals surface area contributed by atoms with Gasteiger partial charge in [0.25, 0.3) is 5.91 Å². The van der Waals surface area contributed by atoms with Crippen LogP contribution in [-0.4, -0.2) is 28.5 Å². The van der Waals surface area contributed by atoms with Crippen LogP contribution in [-0.2, 0) is 10.0 Å². The van der Waals surface area contributed by atoms with E-state index in [4.69, 9.17) is 4.74 Å². The SMILES string of the molecule is CNS(=O)(=O)c1ccc(NC(=O)c2ccccc2OC)cc1. The third-order valence-electron chi connectivity index (χ3n) is 3.04. The summed E-state index contributed by atoms with van der Waals surface area (Å²) < 4.78 is 30.6. The topological polar surface area (TPSA) is 84.5 Å². The summed E-state index contributed by atoms with van der Waals surface area (Å²) in [6, 6.07) is 12.7. The molecule has 0 aliphatic carbocycles. The van der Waals surface area contributed by atoms with Crippen LogP contribution in [0.1, 0.15) is 10.4 Å². The van der Waals surface area contributed by atoms with Gasteiger partial charge in [-0.05, 0) is 43.4 Å². The highest BCUT2D eigenvalue weighted by Crippen LogP contribution is 2.20. The molecule has 0 heterocycles. The fourth-order valence-corrected chi connectivity index (χ4v) is 2.60. The smallest absolute Gasteiger partial charge is 0.259 e. The van der Waals surface area contributed by atoms with Crippen LogP contribution in [0.25, 0.3) is 0 Å². The van der Waals surface area contributed by atoms with E-state index in [2.05, 4.69) is 10.0 Å². The van der Waals surface area contributed by atoms with Crippen molar-refractivity contribution in [1.82, 2.24) is 4.72 Å². The molecule has 0 bridgehead atoms. The fourth-order valence-electron chi connectivity index (χ4n) is 1.87. The second-order valence-electron chi connectivity index (χ2n) is 4.39. The number of methoxy groups -OCH3 is 1. The summed E-state index contributed by atoms with van der Waals surface area (Å²) in [6.45, 7) is 0. The average Bonchev–Trinajstić information content (AvgIpc) is 2.55. The summed E-state index contributed by atoms with van der Waals surface area (Å²) >= 11 is 0. The van der Waals surface area contributed by atoms with E-state index >= 15 is 0 Å². The monoisotopic (exact) mass is 320 g/mol. The summed E-state index contributed by atoms with van der Waals surface area (Å²) in [5.74, 6) is 0.135. The number of carbonyl (C=O) groups excluding carboxylic acids is 1. The number of sulfonamides is 1. The molecule has 2 aromatic carbocycles. The van der Waals surface area contributed by atoms with Crippen LogP contribution in [0.3, 0.4) is 0 Å². The molecule has 2 aromatic rings. The molecular weight excluding hydrogens is 304 g/mol. The zero-order chi connectivity index (χ0) is 16.2. The van der Waals surface area contributed by atoms with Gasteiger partial charge in [-0.1, -0.05) is 12.1 Å². The minimum absolute atomic E-state index is 0.130. The minimum atomic E-state index is -3.49. The minimum Gasteiger partial charge on any atom is -0.496 e. The van der Waals surface area contributed by atoms with E-state index in [-0.39, 0.29) is 10.8 Å². The Morgan fingerprint density at radius 1 is 1.05 bits per heavy atom. The van der Waals surface area contributed by atoms with Crippen molar-refractivity contribution in [3.63, 3.8) is 0 Å². The molecule has 0 aliphatic rings. The summed E-state index contributed by atoms with van der Waals surface area (Å²) in [5.41, 5.74) is 0.892. The molecule has 0 saturated heterocycles. The summed E-state index contributed by atoms with van der Waals surface area (Å²) in [5, 5.41) is 2.70. The van der Waals surface area contributed by atoms with Crippen molar-refractivity contribution in [3.8, 4) is 5.75 Å². The maximum absolute atomic E-state index is 12.2. The predicted octanol–water partition coefficient (Wildman–Crippen LogP) is 1.86. The number of ether oxygens (including phenoxy) is 1. The van der Waals surface area contributed by atoms with Gasteiger partial charge in [0.1, 0.15) is 5.75 Å². The van der Waals surface area contributed by atoms with E-state index in [9.17, 15) is 13.2 Å². The Bertz CT molecular complexity index is 770. The lowest BCUT2D eigenvalue weighted by molar-refractivity contribution is 0.102. The Labute approximate surface area is 129 Å². The molecule has 0 aromatic heterocycles. The second-order valence-corrected chi connectivity index (χ2v) is 6.27. The molecule has 116 valence electrons. The van der Waals surface area contributed by atoms with Gasteiger partial charge in [-0.2, -0.15) is 0 Å². The average molecular weight is 320 g/mol. The predicted molar refractivity (Wildman–Crippen MR) is 83.6 cm³/mol. The number of carbonyl (C=O) groups is 1. The van der Waals surface area contributed by atoms with Crippen LogP contribution in [0.2, 0.25) is 0 Å². The highest BCUT2D eigenvalue weighted by Gasteiger charge is 2.13. The normalized spacial score (nSPS) is 11.0. The standard InChI is InChI=1S/C15H16N2O4S/c1-16-22(19,20)12-9-7-11(8-10-12)17-15(18)13-5-3-4-6-14(13)21-2/h3-10,16H,1-2H3,(H,17,18). The molecule has 0 saturated carbocycles. The largest absolute Gasteiger partial charge is 0.496 e. The maximum Gasteiger partial charge on any atom is 0.259 e. The first kappa shape index (κ1) is 16.0. The van der Waals surface area contributed by atoms with Gasteiger partial charge in [0, 0.05) is 5.69 Å². The summed E-state index contributed by atoms with van der Waals surface area (Å²) in [7, 11) is -0.659. The molecular formula is C15H16N2O4S. The first-order chi connectivity index (χ1) is 10.5. The van der Waals surface area contributed by atoms with Gasteiger partial charge < -0.3 is 10.1 Å². The van der Waals surface area contributed by atoms with Crippen molar-refractivity contribution in [2.75, 3.05) is 19.5 Å². The van der Waals surface area contributed by atoms with Gasteiger partial charge in [0.15, 0.2) is 0 Å². The zero-order valence-corrected chi connectivity index (χ0v) is 13.0. The Balaban J connectivity index is 2.19. The quantitative estimate of drug-likeness (QED) is 0.880. The third kappa shape index (κ3) is 3.44. The molecule has 7 heteroatoms. The van der Waals surface area contributed by atoms with Crippen LogP contribution in [0.4, 0.5) is 5.69 Å². The molecule has 0 unspecified atom stereocenters. The van der Waals surface area contributed by atoms with Gasteiger partial charge in [0.2, 0.25) is 10.0 Å². The highest BCUT2D eigenvalue weighted by atomic mass is 32.2. The molecule has 2 rings (SSSR count). The van der Waals surface area contributed by atoms with Gasteiger partial charge in [-0.15, -0.1) is 0 Å². The van der Waals surface area contributed by atoms with Crippen LogP contribution >= 0.6 is 0 Å². The van der Waals surface area contributed by atoms with Crippen molar-refractivity contribution < 1.29 is 17.9 Å². The number of amides is 1. The molecule has 6 nitrogen and oxygen atoms in total. The summed E-state index contributed by atoms with van der Waals surface area (Å²) in [4.78, 5) is 12.3. The lowest BCUT2D eigenvalue weighted by Crippen LogP contribution is -2.18. The molecule has 0 spiro atoms. The highest BCUT2D eigenvalue weighted by molar-refractivity contribution is 7.89. The lowest BCUT2D eigenvalue weighted by atomic mass is 10.2. The van der Waals surface area contributed by atoms with E-state index in [1.165, 1.54) is 38.4 Å². The van der Waals surface area contributed by atoms with E-state index in [0.717, 1.165) is 0 Å². The Kier molecular flexibility index (Phi) is 4.79. The number of para-hydroxylation sites is 1. The number of rotatable bonds is 5. The van der Waals surface area contributed by atoms with Crippen LogP contribution in [0, 0.1) is 0 Å². The van der Waals surface area contributed by atoms with Crippen molar-refractivity contribution >= 4 is 21.6 Å². The second kappa shape index (κ2) is 6.59. The maximum atomic E-state index is 12.2. The van der Waals surface area contributed by atoms with Crippen LogP contribution in [0.15, 0.2) is 53.4 Å². The molecule has 2 N–H and O–H groups in total. The summed E-state index contributed by atoms with van der Waals surface area (Å²) in [6.07, 6.45) is 0. The molecule has 0 atom stereocenters. The number of anilines is 1. The zero-order valence-electron chi connectivity index (χ0n) is 12.2. The molecule has 1 amide bonds. The van der Waals surface area contributed by atoms with Crippen LogP contribution in [0.5, 0.6) is 5.75 Å². The Morgan fingerprint density at radius 2 is 1.68 bits per heavy atom. The Morgan fingerprint density at radius 3 is 2.27 bits per heavy atom. The number of hydrogen-bond donors (Lipinski definition) is 2. The van der Waals surface area contributed by atoms with E-state index in [1.54, 1.807) is 24.3 Å². The number of nitrogens with one attached hydrogen (secondary N) is 2.